The van der Waals surface area contributed by atoms with Crippen LogP contribution in [0.1, 0.15) is 0 Å². The number of sulfone groups is 1. The van der Waals surface area contributed by atoms with E-state index in [2.05, 4.69) is 25.3 Å². The minimum atomic E-state index is -3.45. The van der Waals surface area contributed by atoms with Crippen molar-refractivity contribution < 1.29 is 8.42 Å². The van der Waals surface area contributed by atoms with Crippen molar-refractivity contribution in [1.82, 2.24) is 0 Å². The summed E-state index contributed by atoms with van der Waals surface area (Å²) in [6, 6.07) is 1.48. The molecule has 10 heavy (non-hydrogen) atoms. The van der Waals surface area contributed by atoms with Gasteiger partial charge in [-0.05, 0) is 0 Å². The van der Waals surface area contributed by atoms with Crippen molar-refractivity contribution in [3.63, 3.8) is 0 Å². The van der Waals surface area contributed by atoms with Crippen molar-refractivity contribution in [3.05, 3.63) is 9.14 Å². The second-order valence-electron chi connectivity index (χ2n) is 1.54. The zero-order chi connectivity index (χ0) is 8.36. The third-order valence-corrected chi connectivity index (χ3v) is 2.46. The first-order chi connectivity index (χ1) is 4.39. The topological polar surface area (TPSA) is 57.9 Å². The standard InChI is InChI=1S/C4H5NO2S3/c1-10(6,7)3(2-5)4(8)9/h8-9H,1H3. The third kappa shape index (κ3) is 2.64. The third-order valence-electron chi connectivity index (χ3n) is 0.675. The summed E-state index contributed by atoms with van der Waals surface area (Å²) in [6.07, 6.45) is 0.929. The van der Waals surface area contributed by atoms with Crippen LogP contribution in [0.2, 0.25) is 0 Å². The van der Waals surface area contributed by atoms with Gasteiger partial charge in [0.05, 0.1) is 4.24 Å². The SMILES string of the molecule is CS(=O)(=O)C(C#N)=C(S)S. The Kier molecular flexibility index (Phi) is 3.28. The van der Waals surface area contributed by atoms with Gasteiger partial charge in [-0.25, -0.2) is 8.42 Å². The molecular weight excluding hydrogens is 190 g/mol. The minimum Gasteiger partial charge on any atom is -0.223 e. The summed E-state index contributed by atoms with van der Waals surface area (Å²) in [7, 11) is -3.45. The van der Waals surface area contributed by atoms with E-state index in [9.17, 15) is 8.42 Å². The molecule has 0 aromatic carbocycles. The molecule has 0 aliphatic rings. The molecular formula is C4H5NO2S3. The second-order valence-corrected chi connectivity index (χ2v) is 4.74. The molecule has 56 valence electrons. The maximum absolute atomic E-state index is 10.6. The minimum absolute atomic E-state index is 0.0787. The Morgan fingerprint density at radius 2 is 1.90 bits per heavy atom. The van der Waals surface area contributed by atoms with Gasteiger partial charge in [-0.3, -0.25) is 0 Å². The predicted molar refractivity (Wildman–Crippen MR) is 45.5 cm³/mol. The van der Waals surface area contributed by atoms with Crippen LogP contribution in [0, 0.1) is 11.3 Å². The van der Waals surface area contributed by atoms with Gasteiger partial charge in [0, 0.05) is 6.26 Å². The Hall–Kier alpha value is -0.120. The molecule has 0 heterocycles. The molecule has 0 bridgehead atoms. The fourth-order valence-electron chi connectivity index (χ4n) is 0.299. The number of hydrogen-bond donors (Lipinski definition) is 2. The summed E-state index contributed by atoms with van der Waals surface area (Å²) >= 11 is 7.22. The van der Waals surface area contributed by atoms with E-state index in [4.69, 9.17) is 5.26 Å². The molecule has 0 aliphatic heterocycles. The van der Waals surface area contributed by atoms with E-state index in [0.717, 1.165) is 6.26 Å². The average Bonchev–Trinajstić information content (AvgIpc) is 1.60. The molecule has 0 unspecified atom stereocenters. The lowest BCUT2D eigenvalue weighted by molar-refractivity contribution is 0.608. The van der Waals surface area contributed by atoms with Gasteiger partial charge in [-0.2, -0.15) is 5.26 Å². The van der Waals surface area contributed by atoms with Gasteiger partial charge in [0.2, 0.25) is 0 Å². The van der Waals surface area contributed by atoms with Crippen LogP contribution >= 0.6 is 25.3 Å². The van der Waals surface area contributed by atoms with Crippen LogP contribution in [-0.2, 0) is 9.84 Å². The quantitative estimate of drug-likeness (QED) is 0.475. The monoisotopic (exact) mass is 195 g/mol. The molecule has 0 aromatic rings. The molecule has 0 fully saturated rings. The van der Waals surface area contributed by atoms with Crippen LogP contribution in [0.4, 0.5) is 0 Å². The summed E-state index contributed by atoms with van der Waals surface area (Å²) in [5.74, 6) is 0. The van der Waals surface area contributed by atoms with Crippen LogP contribution in [0.15, 0.2) is 9.14 Å². The van der Waals surface area contributed by atoms with Gasteiger partial charge >= 0.3 is 0 Å². The first kappa shape index (κ1) is 9.88. The van der Waals surface area contributed by atoms with Crippen molar-refractivity contribution in [2.24, 2.45) is 0 Å². The number of hydrogen-bond acceptors (Lipinski definition) is 5. The Morgan fingerprint density at radius 1 is 1.50 bits per heavy atom. The molecule has 0 aliphatic carbocycles. The Labute approximate surface area is 70.5 Å². The molecule has 0 saturated heterocycles. The van der Waals surface area contributed by atoms with Crippen LogP contribution in [0.5, 0.6) is 0 Å². The summed E-state index contributed by atoms with van der Waals surface area (Å²) in [6.45, 7) is 0. The average molecular weight is 195 g/mol. The number of rotatable bonds is 1. The van der Waals surface area contributed by atoms with Crippen molar-refractivity contribution in [2.75, 3.05) is 6.26 Å². The fraction of sp³-hybridized carbons (Fsp3) is 0.250. The molecule has 0 radical (unpaired) electrons. The molecule has 0 aromatic heterocycles. The fourth-order valence-corrected chi connectivity index (χ4v) is 1.89. The van der Waals surface area contributed by atoms with Crippen molar-refractivity contribution >= 4 is 35.1 Å². The molecule has 0 N–H and O–H groups in total. The lowest BCUT2D eigenvalue weighted by Crippen LogP contribution is -1.98. The number of thiol groups is 2. The van der Waals surface area contributed by atoms with Crippen molar-refractivity contribution in [2.45, 2.75) is 0 Å². The van der Waals surface area contributed by atoms with E-state index < -0.39 is 14.7 Å². The molecule has 0 spiro atoms. The van der Waals surface area contributed by atoms with Gasteiger partial charge in [0.15, 0.2) is 14.7 Å². The van der Waals surface area contributed by atoms with Gasteiger partial charge in [0.25, 0.3) is 0 Å². The highest BCUT2D eigenvalue weighted by Gasteiger charge is 2.12. The van der Waals surface area contributed by atoms with Gasteiger partial charge < -0.3 is 0 Å². The van der Waals surface area contributed by atoms with Crippen molar-refractivity contribution in [3.8, 4) is 6.07 Å². The number of nitriles is 1. The van der Waals surface area contributed by atoms with Crippen LogP contribution in [0.3, 0.4) is 0 Å². The van der Waals surface area contributed by atoms with E-state index >= 15 is 0 Å². The lowest BCUT2D eigenvalue weighted by Gasteiger charge is -1.93. The first-order valence-electron chi connectivity index (χ1n) is 2.12. The number of allylic oxidation sites excluding steroid dienone is 1. The highest BCUT2D eigenvalue weighted by Crippen LogP contribution is 2.16. The molecule has 0 saturated carbocycles. The summed E-state index contributed by atoms with van der Waals surface area (Å²) in [5, 5.41) is 8.25. The molecule has 0 amide bonds. The van der Waals surface area contributed by atoms with Gasteiger partial charge in [0.1, 0.15) is 6.07 Å². The van der Waals surface area contributed by atoms with Crippen molar-refractivity contribution in [1.29, 1.82) is 5.26 Å². The maximum atomic E-state index is 10.6. The van der Waals surface area contributed by atoms with Gasteiger partial charge in [-0.15, -0.1) is 25.3 Å². The summed E-state index contributed by atoms with van der Waals surface area (Å²) < 4.78 is 21.2. The smallest absolute Gasteiger partial charge is 0.187 e. The van der Waals surface area contributed by atoms with E-state index in [1.54, 1.807) is 0 Å². The van der Waals surface area contributed by atoms with Crippen LogP contribution in [0.25, 0.3) is 0 Å². The zero-order valence-electron chi connectivity index (χ0n) is 5.07. The molecule has 6 heteroatoms. The van der Waals surface area contributed by atoms with E-state index in [0.29, 0.717) is 0 Å². The number of nitrogens with zero attached hydrogens (tertiary/aromatic N) is 1. The maximum Gasteiger partial charge on any atom is 0.187 e. The second kappa shape index (κ2) is 3.32. The van der Waals surface area contributed by atoms with Crippen LogP contribution in [-0.4, -0.2) is 14.7 Å². The van der Waals surface area contributed by atoms with E-state index in [-0.39, 0.29) is 4.24 Å². The Bertz CT molecular complexity index is 291. The normalized spacial score (nSPS) is 10.2. The highest BCUT2D eigenvalue weighted by molar-refractivity contribution is 8.07. The Morgan fingerprint density at radius 3 is 1.90 bits per heavy atom. The van der Waals surface area contributed by atoms with Gasteiger partial charge in [-0.1, -0.05) is 0 Å². The molecule has 0 atom stereocenters. The largest absolute Gasteiger partial charge is 0.223 e. The van der Waals surface area contributed by atoms with E-state index in [1.165, 1.54) is 6.07 Å². The lowest BCUT2D eigenvalue weighted by atomic mass is 10.7. The summed E-state index contributed by atoms with van der Waals surface area (Å²) in [5.41, 5.74) is 0. The highest BCUT2D eigenvalue weighted by atomic mass is 32.2. The van der Waals surface area contributed by atoms with E-state index in [1.807, 2.05) is 0 Å². The zero-order valence-corrected chi connectivity index (χ0v) is 7.67. The predicted octanol–water partition coefficient (Wildman–Crippen LogP) is 0.583. The molecule has 0 rings (SSSR count). The Balaban J connectivity index is 5.20. The molecule has 3 nitrogen and oxygen atoms in total. The van der Waals surface area contributed by atoms with Crippen LogP contribution < -0.4 is 0 Å². The first-order valence-corrected chi connectivity index (χ1v) is 4.90. The summed E-state index contributed by atoms with van der Waals surface area (Å²) in [4.78, 5) is -0.404.